The highest BCUT2D eigenvalue weighted by molar-refractivity contribution is 6.88. The van der Waals surface area contributed by atoms with Crippen molar-refractivity contribution in [2.24, 2.45) is 0 Å². The molecule has 0 bridgehead atoms. The number of rotatable bonds is 2. The minimum Gasteiger partial charge on any atom is -0.472 e. The molecule has 1 amide bonds. The van der Waals surface area contributed by atoms with Gasteiger partial charge >= 0.3 is 6.09 Å². The molecule has 1 aromatic heterocycles. The second-order valence-corrected chi connectivity index (χ2v) is 11.0. The van der Waals surface area contributed by atoms with E-state index in [4.69, 9.17) is 9.15 Å². The molecule has 0 aliphatic carbocycles. The van der Waals surface area contributed by atoms with Crippen LogP contribution in [0, 0.1) is 0 Å². The van der Waals surface area contributed by atoms with Gasteiger partial charge in [0.05, 0.1) is 12.0 Å². The summed E-state index contributed by atoms with van der Waals surface area (Å²) < 4.78 is 10.7. The Morgan fingerprint density at radius 2 is 1.94 bits per heavy atom. The largest absolute Gasteiger partial charge is 0.472 e. The Balaban J connectivity index is 2.77. The molecule has 0 spiro atoms. The van der Waals surface area contributed by atoms with Gasteiger partial charge in [-0.25, -0.2) is 4.79 Å². The number of carbonyl (C=O) groups excluding carboxylic acids is 1. The van der Waals surface area contributed by atoms with E-state index < -0.39 is 19.8 Å². The number of carbonyl (C=O) groups is 1. The Labute approximate surface area is 103 Å². The van der Waals surface area contributed by atoms with Gasteiger partial charge in [-0.15, -0.1) is 0 Å². The van der Waals surface area contributed by atoms with Gasteiger partial charge in [0.25, 0.3) is 0 Å². The van der Waals surface area contributed by atoms with Gasteiger partial charge in [-0.2, -0.15) is 0 Å². The van der Waals surface area contributed by atoms with E-state index >= 15 is 0 Å². The molecular formula is C12H21NO3Si. The van der Waals surface area contributed by atoms with Crippen LogP contribution in [0.1, 0.15) is 20.8 Å². The highest BCUT2D eigenvalue weighted by Gasteiger charge is 2.26. The van der Waals surface area contributed by atoms with E-state index in [1.165, 1.54) is 0 Å². The molecule has 0 aliphatic heterocycles. The van der Waals surface area contributed by atoms with Crippen molar-refractivity contribution in [3.8, 4) is 0 Å². The monoisotopic (exact) mass is 255 g/mol. The summed E-state index contributed by atoms with van der Waals surface area (Å²) in [5, 5.41) is 3.61. The molecule has 0 saturated heterocycles. The van der Waals surface area contributed by atoms with Crippen molar-refractivity contribution in [2.45, 2.75) is 46.0 Å². The first-order valence-electron chi connectivity index (χ1n) is 5.67. The van der Waals surface area contributed by atoms with E-state index in [0.717, 1.165) is 11.1 Å². The van der Waals surface area contributed by atoms with Gasteiger partial charge in [-0.05, 0) is 26.8 Å². The lowest BCUT2D eigenvalue weighted by molar-refractivity contribution is 0.0636. The average molecular weight is 255 g/mol. The Morgan fingerprint density at radius 1 is 1.35 bits per heavy atom. The second kappa shape index (κ2) is 4.56. The number of anilines is 1. The maximum atomic E-state index is 11.6. The van der Waals surface area contributed by atoms with Crippen molar-refractivity contribution in [1.82, 2.24) is 0 Å². The summed E-state index contributed by atoms with van der Waals surface area (Å²) >= 11 is 0. The van der Waals surface area contributed by atoms with E-state index in [0.29, 0.717) is 0 Å². The predicted molar refractivity (Wildman–Crippen MR) is 71.5 cm³/mol. The Bertz CT molecular complexity index is 399. The van der Waals surface area contributed by atoms with Crippen LogP contribution in [0.25, 0.3) is 0 Å². The van der Waals surface area contributed by atoms with Gasteiger partial charge < -0.3 is 9.15 Å². The lowest BCUT2D eigenvalue weighted by atomic mass is 10.2. The molecule has 1 N–H and O–H groups in total. The van der Waals surface area contributed by atoms with Crippen molar-refractivity contribution in [3.63, 3.8) is 0 Å². The van der Waals surface area contributed by atoms with Crippen molar-refractivity contribution in [1.29, 1.82) is 0 Å². The zero-order chi connectivity index (χ0) is 13.3. The van der Waals surface area contributed by atoms with Crippen molar-refractivity contribution in [2.75, 3.05) is 5.32 Å². The van der Waals surface area contributed by atoms with Gasteiger partial charge in [0.15, 0.2) is 0 Å². The minimum absolute atomic E-state index is 0.446. The van der Waals surface area contributed by atoms with E-state index in [2.05, 4.69) is 25.0 Å². The number of hydrogen-bond acceptors (Lipinski definition) is 3. The molecule has 96 valence electrons. The molecule has 0 aromatic carbocycles. The molecular weight excluding hydrogens is 234 g/mol. The third-order valence-corrected chi connectivity index (χ3v) is 3.73. The summed E-state index contributed by atoms with van der Waals surface area (Å²) in [6, 6.07) is 1.76. The molecule has 4 nitrogen and oxygen atoms in total. The fourth-order valence-electron chi connectivity index (χ4n) is 1.40. The predicted octanol–water partition coefficient (Wildman–Crippen LogP) is 3.17. The zero-order valence-corrected chi connectivity index (χ0v) is 12.4. The highest BCUT2D eigenvalue weighted by Crippen LogP contribution is 2.15. The van der Waals surface area contributed by atoms with E-state index in [1.54, 1.807) is 12.3 Å². The fraction of sp³-hybridized carbons (Fsp3) is 0.583. The summed E-state index contributed by atoms with van der Waals surface area (Å²) in [5.74, 6) is 0. The third-order valence-electron chi connectivity index (χ3n) is 1.98. The maximum absolute atomic E-state index is 11.6. The lowest BCUT2D eigenvalue weighted by Gasteiger charge is -2.20. The van der Waals surface area contributed by atoms with Gasteiger partial charge in [0, 0.05) is 0 Å². The molecule has 0 saturated carbocycles. The topological polar surface area (TPSA) is 51.5 Å². The summed E-state index contributed by atoms with van der Waals surface area (Å²) in [6.45, 7) is 12.0. The maximum Gasteiger partial charge on any atom is 0.412 e. The van der Waals surface area contributed by atoms with E-state index in [1.807, 2.05) is 20.8 Å². The highest BCUT2D eigenvalue weighted by atomic mass is 28.3. The van der Waals surface area contributed by atoms with Crippen molar-refractivity contribution < 1.29 is 13.9 Å². The number of furan rings is 1. The number of amides is 1. The van der Waals surface area contributed by atoms with Gasteiger partial charge in [0.2, 0.25) is 0 Å². The summed E-state index contributed by atoms with van der Waals surface area (Å²) in [4.78, 5) is 11.6. The summed E-state index contributed by atoms with van der Waals surface area (Å²) in [5.41, 5.74) is 0.228. The second-order valence-electron chi connectivity index (χ2n) is 6.04. The molecule has 0 aliphatic rings. The Hall–Kier alpha value is -1.23. The normalized spacial score (nSPS) is 12.4. The van der Waals surface area contributed by atoms with Crippen LogP contribution in [-0.4, -0.2) is 19.8 Å². The van der Waals surface area contributed by atoms with Crippen LogP contribution in [0.5, 0.6) is 0 Å². The lowest BCUT2D eigenvalue weighted by Crippen LogP contribution is -2.39. The van der Waals surface area contributed by atoms with Gasteiger partial charge in [-0.1, -0.05) is 19.6 Å². The minimum atomic E-state index is -1.59. The first-order chi connectivity index (χ1) is 7.59. The Kier molecular flexibility index (Phi) is 3.71. The van der Waals surface area contributed by atoms with Crippen LogP contribution in [0.4, 0.5) is 10.5 Å². The molecule has 0 fully saturated rings. The van der Waals surface area contributed by atoms with E-state index in [9.17, 15) is 4.79 Å². The molecule has 1 rings (SSSR count). The molecule has 0 atom stereocenters. The van der Waals surface area contributed by atoms with Gasteiger partial charge in [0.1, 0.15) is 19.1 Å². The number of nitrogens with one attached hydrogen (secondary N) is 1. The third kappa shape index (κ3) is 4.26. The van der Waals surface area contributed by atoms with Crippen LogP contribution in [0.2, 0.25) is 19.6 Å². The van der Waals surface area contributed by atoms with Crippen molar-refractivity contribution in [3.05, 3.63) is 12.3 Å². The number of hydrogen-bond donors (Lipinski definition) is 1. The van der Waals surface area contributed by atoms with Crippen molar-refractivity contribution >= 4 is 25.2 Å². The molecule has 0 unspecified atom stereocenters. The smallest absolute Gasteiger partial charge is 0.412 e. The van der Waals surface area contributed by atoms with Crippen LogP contribution >= 0.6 is 0 Å². The molecule has 17 heavy (non-hydrogen) atoms. The summed E-state index contributed by atoms with van der Waals surface area (Å²) in [6.07, 6.45) is 1.15. The molecule has 1 heterocycles. The quantitative estimate of drug-likeness (QED) is 0.826. The van der Waals surface area contributed by atoms with Crippen LogP contribution in [0.3, 0.4) is 0 Å². The molecule has 5 heteroatoms. The standard InChI is InChI=1S/C12H21NO3Si/c1-12(2,3)16-11(14)13-9-7-8-15-10(9)17(4,5)6/h7-8H,1-6H3,(H,13,14). The first kappa shape index (κ1) is 13.8. The zero-order valence-electron chi connectivity index (χ0n) is 11.4. The molecule has 0 radical (unpaired) electrons. The number of ether oxygens (including phenoxy) is 1. The van der Waals surface area contributed by atoms with Gasteiger partial charge in [-0.3, -0.25) is 5.32 Å². The molecule has 1 aromatic rings. The van der Waals surface area contributed by atoms with Crippen LogP contribution in [-0.2, 0) is 4.74 Å². The Morgan fingerprint density at radius 3 is 2.41 bits per heavy atom. The average Bonchev–Trinajstić information content (AvgIpc) is 2.46. The fourth-order valence-corrected chi connectivity index (χ4v) is 2.78. The van der Waals surface area contributed by atoms with Crippen LogP contribution in [0.15, 0.2) is 16.7 Å². The van der Waals surface area contributed by atoms with Crippen LogP contribution < -0.4 is 10.7 Å². The van der Waals surface area contributed by atoms with E-state index in [-0.39, 0.29) is 0 Å². The first-order valence-corrected chi connectivity index (χ1v) is 9.17. The SMILES string of the molecule is CC(C)(C)OC(=O)Nc1ccoc1[Si](C)(C)C. The summed E-state index contributed by atoms with van der Waals surface area (Å²) in [7, 11) is -1.59.